The third-order valence-electron chi connectivity index (χ3n) is 8.69. The molecule has 348 valence electrons. The van der Waals surface area contributed by atoms with E-state index in [1.807, 2.05) is 45.4 Å². The fourth-order valence-corrected chi connectivity index (χ4v) is 5.88. The van der Waals surface area contributed by atoms with Crippen molar-refractivity contribution in [1.82, 2.24) is 0 Å². The van der Waals surface area contributed by atoms with Crippen LogP contribution >= 0.6 is 7.82 Å². The van der Waals surface area contributed by atoms with Crippen molar-refractivity contribution < 1.29 is 42.1 Å². The number of phosphoric acid groups is 1. The van der Waals surface area contributed by atoms with Crippen molar-refractivity contribution in [2.24, 2.45) is 0 Å². The number of likely N-dealkylation sites (N-methyl/N-ethyl adjacent to an activating group) is 1. The molecule has 0 saturated carbocycles. The molecule has 0 bridgehead atoms. The van der Waals surface area contributed by atoms with Gasteiger partial charge in [0.05, 0.1) is 27.7 Å². The summed E-state index contributed by atoms with van der Waals surface area (Å²) in [7, 11) is 1.37. The van der Waals surface area contributed by atoms with E-state index in [0.29, 0.717) is 23.9 Å². The summed E-state index contributed by atoms with van der Waals surface area (Å²) in [5.74, 6) is -1.01. The SMILES string of the molecule is CC/C=C\C/C=C\C/C=C\C/C=C\C/C=C\C/C=C\CCC(=O)OC[C@H](COP(=O)(O)OCC[N+](C)(C)C)OC(=O)CC/C=C\C/C=C\C/C=C\C/C=C\C/C=C\CCCCC. The minimum Gasteiger partial charge on any atom is -0.462 e. The number of nitrogens with zero attached hydrogens (tertiary/aromatic N) is 1. The number of hydrogen-bond acceptors (Lipinski definition) is 7. The summed E-state index contributed by atoms with van der Waals surface area (Å²) in [6, 6.07) is 0. The molecule has 1 unspecified atom stereocenters. The van der Waals surface area contributed by atoms with E-state index in [9.17, 15) is 19.0 Å². The molecule has 0 aliphatic carbocycles. The lowest BCUT2D eigenvalue weighted by Crippen LogP contribution is -2.37. The van der Waals surface area contributed by atoms with E-state index in [1.165, 1.54) is 25.7 Å². The number of carbonyl (C=O) groups is 2. The van der Waals surface area contributed by atoms with E-state index < -0.39 is 32.5 Å². The molecule has 0 spiro atoms. The zero-order chi connectivity index (χ0) is 45.7. The monoisotopic (exact) mass is 881 g/mol. The van der Waals surface area contributed by atoms with Crippen LogP contribution in [0.3, 0.4) is 0 Å². The Morgan fingerprint density at radius 1 is 0.516 bits per heavy atom. The third-order valence-corrected chi connectivity index (χ3v) is 9.68. The average molecular weight is 881 g/mol. The molecule has 0 saturated heterocycles. The van der Waals surface area contributed by atoms with E-state index in [-0.39, 0.29) is 26.1 Å². The quantitative estimate of drug-likeness (QED) is 0.0214. The Balaban J connectivity index is 4.61. The molecule has 0 rings (SSSR count). The van der Waals surface area contributed by atoms with Gasteiger partial charge in [-0.25, -0.2) is 4.57 Å². The van der Waals surface area contributed by atoms with E-state index in [4.69, 9.17) is 18.5 Å². The van der Waals surface area contributed by atoms with E-state index in [2.05, 4.69) is 123 Å². The summed E-state index contributed by atoms with van der Waals surface area (Å²) in [6.07, 6.45) is 61.1. The van der Waals surface area contributed by atoms with Crippen LogP contribution in [0.2, 0.25) is 0 Å². The topological polar surface area (TPSA) is 108 Å². The van der Waals surface area contributed by atoms with Crippen molar-refractivity contribution in [1.29, 1.82) is 0 Å². The average Bonchev–Trinajstić information content (AvgIpc) is 3.23. The molecule has 0 amide bonds. The van der Waals surface area contributed by atoms with Crippen molar-refractivity contribution in [3.05, 3.63) is 134 Å². The zero-order valence-corrected chi connectivity index (χ0v) is 39.9. The summed E-state index contributed by atoms with van der Waals surface area (Å²) in [6.45, 7) is 4.07. The van der Waals surface area contributed by atoms with Gasteiger partial charge in [0, 0.05) is 12.8 Å². The van der Waals surface area contributed by atoms with Crippen LogP contribution in [0.25, 0.3) is 0 Å². The van der Waals surface area contributed by atoms with Gasteiger partial charge in [-0.3, -0.25) is 18.6 Å². The number of rotatable bonds is 39. The smallest absolute Gasteiger partial charge is 0.462 e. The van der Waals surface area contributed by atoms with Crippen LogP contribution in [0.15, 0.2) is 134 Å². The van der Waals surface area contributed by atoms with E-state index in [1.54, 1.807) is 0 Å². The molecular weight excluding hydrogens is 798 g/mol. The van der Waals surface area contributed by atoms with Crippen molar-refractivity contribution >= 4 is 19.8 Å². The molecule has 0 aromatic rings. The van der Waals surface area contributed by atoms with E-state index in [0.717, 1.165) is 64.2 Å². The van der Waals surface area contributed by atoms with Crippen molar-refractivity contribution in [3.8, 4) is 0 Å². The molecule has 9 nitrogen and oxygen atoms in total. The molecule has 0 aromatic carbocycles. The van der Waals surface area contributed by atoms with Crippen molar-refractivity contribution in [2.75, 3.05) is 47.5 Å². The first-order valence-corrected chi connectivity index (χ1v) is 24.4. The highest BCUT2D eigenvalue weighted by Crippen LogP contribution is 2.43. The first-order valence-electron chi connectivity index (χ1n) is 22.9. The maximum Gasteiger partial charge on any atom is 0.472 e. The van der Waals surface area contributed by atoms with Crippen LogP contribution in [0, 0.1) is 0 Å². The fraction of sp³-hybridized carbons (Fsp3) is 0.538. The predicted octanol–water partition coefficient (Wildman–Crippen LogP) is 13.5. The Morgan fingerprint density at radius 3 is 1.31 bits per heavy atom. The number of hydrogen-bond donors (Lipinski definition) is 1. The minimum absolute atomic E-state index is 0.00128. The standard InChI is InChI=1S/C52H82NO8P/c1-6-8-10-12-14-16-18-20-22-24-26-28-30-32-34-36-38-40-42-44-51(54)58-48-50(49-60-62(56,57)59-47-46-53(3,4)5)61-52(55)45-43-41-39-37-35-33-31-29-27-25-23-21-19-17-15-13-11-9-7-2/h8,10,14-17,20-23,26-29,32-35,38-41,50H,6-7,9,11-13,18-19,24-25,30-31,36-37,42-49H2,1-5H3/p+1/b10-8-,16-14-,17-15-,22-20-,23-21-,28-26-,29-27-,34-32-,35-33-,40-38-,41-39-/t50-/m1/s1. The van der Waals surface area contributed by atoms with Crippen LogP contribution in [0.5, 0.6) is 0 Å². The molecule has 0 radical (unpaired) electrons. The Labute approximate surface area is 377 Å². The number of quaternary nitrogens is 1. The number of unbranched alkanes of at least 4 members (excludes halogenated alkanes) is 3. The summed E-state index contributed by atoms with van der Waals surface area (Å²) in [5.41, 5.74) is 0. The highest BCUT2D eigenvalue weighted by Gasteiger charge is 2.27. The number of carbonyl (C=O) groups excluding carboxylic acids is 2. The van der Waals surface area contributed by atoms with E-state index >= 15 is 0 Å². The van der Waals surface area contributed by atoms with Gasteiger partial charge in [0.15, 0.2) is 6.10 Å². The minimum atomic E-state index is -4.42. The first-order chi connectivity index (χ1) is 30.0. The van der Waals surface area contributed by atoms with Crippen LogP contribution in [0.4, 0.5) is 0 Å². The molecule has 2 atom stereocenters. The predicted molar refractivity (Wildman–Crippen MR) is 260 cm³/mol. The molecule has 1 N–H and O–H groups in total. The maximum atomic E-state index is 12.7. The first kappa shape index (κ1) is 58.1. The molecule has 0 aliphatic rings. The number of ether oxygens (including phenoxy) is 2. The fourth-order valence-electron chi connectivity index (χ4n) is 5.14. The van der Waals surface area contributed by atoms with Gasteiger partial charge in [-0.1, -0.05) is 160 Å². The maximum absolute atomic E-state index is 12.7. The highest BCUT2D eigenvalue weighted by atomic mass is 31.2. The van der Waals surface area contributed by atoms with Crippen LogP contribution in [-0.2, 0) is 32.7 Å². The molecule has 62 heavy (non-hydrogen) atoms. The molecular formula is C52H83NO8P+. The number of phosphoric ester groups is 1. The molecule has 0 aromatic heterocycles. The van der Waals surface area contributed by atoms with Crippen LogP contribution < -0.4 is 0 Å². The molecule has 10 heteroatoms. The van der Waals surface area contributed by atoms with Gasteiger partial charge >= 0.3 is 19.8 Å². The lowest BCUT2D eigenvalue weighted by molar-refractivity contribution is -0.870. The van der Waals surface area contributed by atoms with Crippen molar-refractivity contribution in [3.63, 3.8) is 0 Å². The number of allylic oxidation sites excluding steroid dienone is 22. The van der Waals surface area contributed by atoms with Gasteiger partial charge in [0.2, 0.25) is 0 Å². The van der Waals surface area contributed by atoms with Crippen molar-refractivity contribution in [2.45, 2.75) is 136 Å². The molecule has 0 heterocycles. The second-order valence-corrected chi connectivity index (χ2v) is 17.1. The van der Waals surface area contributed by atoms with Gasteiger partial charge < -0.3 is 18.9 Å². The number of esters is 2. The second-order valence-electron chi connectivity index (χ2n) is 15.7. The van der Waals surface area contributed by atoms with Gasteiger partial charge in [0.1, 0.15) is 19.8 Å². The largest absolute Gasteiger partial charge is 0.472 e. The third kappa shape index (κ3) is 45.7. The summed E-state index contributed by atoms with van der Waals surface area (Å²) < 4.78 is 34.1. The summed E-state index contributed by atoms with van der Waals surface area (Å²) in [5, 5.41) is 0. The Kier molecular flexibility index (Phi) is 39.8. The lowest BCUT2D eigenvalue weighted by atomic mass is 10.2. The second kappa shape index (κ2) is 42.5. The highest BCUT2D eigenvalue weighted by molar-refractivity contribution is 7.47. The Hall–Kier alpha value is -3.85. The summed E-state index contributed by atoms with van der Waals surface area (Å²) in [4.78, 5) is 35.4. The normalized spacial score (nSPS) is 14.7. The van der Waals surface area contributed by atoms with Crippen LogP contribution in [-0.4, -0.2) is 74.9 Å². The zero-order valence-electron chi connectivity index (χ0n) is 39.0. The molecule has 0 fully saturated rings. The summed E-state index contributed by atoms with van der Waals surface area (Å²) >= 11 is 0. The Morgan fingerprint density at radius 2 is 0.903 bits per heavy atom. The van der Waals surface area contributed by atoms with Gasteiger partial charge in [-0.15, -0.1) is 0 Å². The lowest BCUT2D eigenvalue weighted by Gasteiger charge is -2.24. The Bertz CT molecular complexity index is 1510. The molecule has 0 aliphatic heterocycles. The van der Waals surface area contributed by atoms with Gasteiger partial charge in [-0.2, -0.15) is 0 Å². The van der Waals surface area contributed by atoms with Gasteiger partial charge in [0.25, 0.3) is 0 Å². The van der Waals surface area contributed by atoms with Gasteiger partial charge in [-0.05, 0) is 89.9 Å². The van der Waals surface area contributed by atoms with Crippen LogP contribution in [0.1, 0.15) is 129 Å².